The second-order valence-corrected chi connectivity index (χ2v) is 4.33. The molecule has 0 saturated heterocycles. The van der Waals surface area contributed by atoms with Crippen LogP contribution in [-0.4, -0.2) is 26.4 Å². The molecule has 15 heavy (non-hydrogen) atoms. The van der Waals surface area contributed by atoms with E-state index in [1.54, 1.807) is 0 Å². The molecule has 0 atom stereocenters. The van der Waals surface area contributed by atoms with Crippen LogP contribution in [0.25, 0.3) is 0 Å². The lowest BCUT2D eigenvalue weighted by Crippen LogP contribution is -2.25. The first-order chi connectivity index (χ1) is 7.12. The second-order valence-electron chi connectivity index (χ2n) is 4.33. The molecule has 0 amide bonds. The highest BCUT2D eigenvalue weighted by Gasteiger charge is 2.17. The van der Waals surface area contributed by atoms with Crippen molar-refractivity contribution in [3.63, 3.8) is 0 Å². The zero-order valence-electron chi connectivity index (χ0n) is 10.5. The van der Waals surface area contributed by atoms with Crippen LogP contribution in [0.5, 0.6) is 0 Å². The molecule has 0 aliphatic heterocycles. The molecule has 0 saturated carbocycles. The zero-order chi connectivity index (χ0) is 11.6. The van der Waals surface area contributed by atoms with Gasteiger partial charge in [-0.2, -0.15) is 0 Å². The van der Waals surface area contributed by atoms with E-state index in [1.807, 2.05) is 38.2 Å². The molecule has 2 heteroatoms. The molecular weight excluding hydrogens is 188 g/mol. The lowest BCUT2D eigenvalue weighted by molar-refractivity contribution is 0.0124. The summed E-state index contributed by atoms with van der Waals surface area (Å²) in [5.41, 5.74) is 0.0865. The molecule has 0 bridgehead atoms. The lowest BCUT2D eigenvalue weighted by Gasteiger charge is -2.23. The van der Waals surface area contributed by atoms with Gasteiger partial charge in [0.25, 0.3) is 0 Å². The Hall–Kier alpha value is -0.600. The van der Waals surface area contributed by atoms with Crippen molar-refractivity contribution in [2.75, 3.05) is 26.4 Å². The van der Waals surface area contributed by atoms with Crippen LogP contribution < -0.4 is 0 Å². The van der Waals surface area contributed by atoms with Gasteiger partial charge in [-0.1, -0.05) is 38.2 Å². The van der Waals surface area contributed by atoms with Crippen LogP contribution in [0.3, 0.4) is 0 Å². The second kappa shape index (κ2) is 8.69. The van der Waals surface area contributed by atoms with E-state index in [1.165, 1.54) is 0 Å². The van der Waals surface area contributed by atoms with Crippen LogP contribution in [-0.2, 0) is 9.47 Å². The molecule has 0 radical (unpaired) electrons. The standard InChI is InChI=1S/C13H24O2/c1-5-7-9-14-11-13(3,4)12-15-10-8-6-2/h5-8H,9-12H2,1-4H3. The summed E-state index contributed by atoms with van der Waals surface area (Å²) < 4.78 is 11.0. The molecule has 0 fully saturated rings. The fraction of sp³-hybridized carbons (Fsp3) is 0.692. The fourth-order valence-corrected chi connectivity index (χ4v) is 1.04. The van der Waals surface area contributed by atoms with Crippen molar-refractivity contribution in [1.29, 1.82) is 0 Å². The maximum atomic E-state index is 5.51. The van der Waals surface area contributed by atoms with E-state index in [9.17, 15) is 0 Å². The molecule has 88 valence electrons. The zero-order valence-corrected chi connectivity index (χ0v) is 10.5. The minimum Gasteiger partial charge on any atom is -0.377 e. The van der Waals surface area contributed by atoms with Gasteiger partial charge in [0.05, 0.1) is 26.4 Å². The van der Waals surface area contributed by atoms with Gasteiger partial charge < -0.3 is 9.47 Å². The van der Waals surface area contributed by atoms with Crippen LogP contribution in [0, 0.1) is 5.41 Å². The SMILES string of the molecule is CC=CCOCC(C)(C)COCC=CC. The highest BCUT2D eigenvalue weighted by atomic mass is 16.5. The van der Waals surface area contributed by atoms with E-state index < -0.39 is 0 Å². The predicted molar refractivity (Wildman–Crippen MR) is 65.0 cm³/mol. The smallest absolute Gasteiger partial charge is 0.0647 e. The van der Waals surface area contributed by atoms with Gasteiger partial charge in [0, 0.05) is 5.41 Å². The third-order valence-electron chi connectivity index (χ3n) is 1.89. The predicted octanol–water partition coefficient (Wildman–Crippen LogP) is 3.20. The Morgan fingerprint density at radius 2 is 1.27 bits per heavy atom. The lowest BCUT2D eigenvalue weighted by atomic mass is 9.96. The summed E-state index contributed by atoms with van der Waals surface area (Å²) in [6.07, 6.45) is 8.01. The van der Waals surface area contributed by atoms with Crippen LogP contribution in [0.1, 0.15) is 27.7 Å². The van der Waals surface area contributed by atoms with Crippen LogP contribution in [0.15, 0.2) is 24.3 Å². The molecule has 0 heterocycles. The minimum absolute atomic E-state index is 0.0865. The number of ether oxygens (including phenoxy) is 2. The number of allylic oxidation sites excluding steroid dienone is 2. The highest BCUT2D eigenvalue weighted by Crippen LogP contribution is 2.15. The molecule has 0 N–H and O–H groups in total. The van der Waals surface area contributed by atoms with E-state index >= 15 is 0 Å². The van der Waals surface area contributed by atoms with Crippen molar-refractivity contribution in [2.24, 2.45) is 5.41 Å². The van der Waals surface area contributed by atoms with Gasteiger partial charge in [0.1, 0.15) is 0 Å². The van der Waals surface area contributed by atoms with Crippen LogP contribution in [0.4, 0.5) is 0 Å². The average molecular weight is 212 g/mol. The Kier molecular flexibility index (Phi) is 8.34. The molecule has 0 unspecified atom stereocenters. The number of hydrogen-bond donors (Lipinski definition) is 0. The number of rotatable bonds is 8. The van der Waals surface area contributed by atoms with Gasteiger partial charge >= 0.3 is 0 Å². The Morgan fingerprint density at radius 1 is 0.867 bits per heavy atom. The van der Waals surface area contributed by atoms with Gasteiger partial charge in [-0.05, 0) is 13.8 Å². The summed E-state index contributed by atoms with van der Waals surface area (Å²) in [5.74, 6) is 0. The van der Waals surface area contributed by atoms with Gasteiger partial charge in [0.2, 0.25) is 0 Å². The molecule has 0 rings (SSSR count). The number of hydrogen-bond acceptors (Lipinski definition) is 2. The Labute approximate surface area is 94.0 Å². The molecular formula is C13H24O2. The Bertz CT molecular complexity index is 173. The van der Waals surface area contributed by atoms with Gasteiger partial charge in [-0.15, -0.1) is 0 Å². The van der Waals surface area contributed by atoms with Crippen molar-refractivity contribution in [2.45, 2.75) is 27.7 Å². The van der Waals surface area contributed by atoms with Crippen LogP contribution >= 0.6 is 0 Å². The molecule has 0 aromatic heterocycles. The summed E-state index contributed by atoms with van der Waals surface area (Å²) >= 11 is 0. The average Bonchev–Trinajstić information content (AvgIpc) is 2.20. The summed E-state index contributed by atoms with van der Waals surface area (Å²) in [6, 6.07) is 0. The van der Waals surface area contributed by atoms with E-state index in [-0.39, 0.29) is 5.41 Å². The maximum absolute atomic E-state index is 5.51. The minimum atomic E-state index is 0.0865. The normalized spacial score (nSPS) is 13.1. The first-order valence-corrected chi connectivity index (χ1v) is 5.50. The highest BCUT2D eigenvalue weighted by molar-refractivity contribution is 4.78. The summed E-state index contributed by atoms with van der Waals surface area (Å²) in [6.45, 7) is 11.1. The molecule has 0 aromatic carbocycles. The summed E-state index contributed by atoms with van der Waals surface area (Å²) in [7, 11) is 0. The monoisotopic (exact) mass is 212 g/mol. The van der Waals surface area contributed by atoms with Gasteiger partial charge in [-0.25, -0.2) is 0 Å². The van der Waals surface area contributed by atoms with Gasteiger partial charge in [0.15, 0.2) is 0 Å². The first-order valence-electron chi connectivity index (χ1n) is 5.50. The van der Waals surface area contributed by atoms with Gasteiger partial charge in [-0.3, -0.25) is 0 Å². The molecule has 0 aliphatic carbocycles. The van der Waals surface area contributed by atoms with E-state index in [2.05, 4.69) is 13.8 Å². The summed E-state index contributed by atoms with van der Waals surface area (Å²) in [5, 5.41) is 0. The Balaban J connectivity index is 3.57. The van der Waals surface area contributed by atoms with E-state index in [0.29, 0.717) is 13.2 Å². The van der Waals surface area contributed by atoms with Crippen molar-refractivity contribution in [1.82, 2.24) is 0 Å². The maximum Gasteiger partial charge on any atom is 0.0647 e. The van der Waals surface area contributed by atoms with E-state index in [0.717, 1.165) is 13.2 Å². The van der Waals surface area contributed by atoms with Crippen molar-refractivity contribution < 1.29 is 9.47 Å². The molecule has 0 aromatic rings. The fourth-order valence-electron chi connectivity index (χ4n) is 1.04. The van der Waals surface area contributed by atoms with Crippen molar-refractivity contribution in [3.05, 3.63) is 24.3 Å². The quantitative estimate of drug-likeness (QED) is 0.454. The first kappa shape index (κ1) is 14.4. The largest absolute Gasteiger partial charge is 0.377 e. The molecule has 0 spiro atoms. The van der Waals surface area contributed by atoms with Crippen LogP contribution in [0.2, 0.25) is 0 Å². The van der Waals surface area contributed by atoms with E-state index in [4.69, 9.17) is 9.47 Å². The summed E-state index contributed by atoms with van der Waals surface area (Å²) in [4.78, 5) is 0. The van der Waals surface area contributed by atoms with Crippen molar-refractivity contribution in [3.8, 4) is 0 Å². The molecule has 0 aliphatic rings. The Morgan fingerprint density at radius 3 is 1.60 bits per heavy atom. The third kappa shape index (κ3) is 9.70. The topological polar surface area (TPSA) is 18.5 Å². The molecule has 2 nitrogen and oxygen atoms in total. The third-order valence-corrected chi connectivity index (χ3v) is 1.89. The van der Waals surface area contributed by atoms with Crippen molar-refractivity contribution >= 4 is 0 Å².